The third-order valence-electron chi connectivity index (χ3n) is 2.48. The molecule has 1 amide bonds. The van der Waals surface area contributed by atoms with Crippen LogP contribution in [0.15, 0.2) is 12.1 Å². The van der Waals surface area contributed by atoms with E-state index in [1.54, 1.807) is 26.8 Å². The first-order chi connectivity index (χ1) is 9.39. The molecule has 20 heavy (non-hydrogen) atoms. The van der Waals surface area contributed by atoms with Crippen LogP contribution in [-0.4, -0.2) is 31.2 Å². The number of amides is 1. The average molecular weight is 279 g/mol. The fourth-order valence-corrected chi connectivity index (χ4v) is 1.72. The SMILES string of the molecule is CC(C)(C)OC(=O)Nc1cc2c(cc1C=O)OCCO2. The van der Waals surface area contributed by atoms with Crippen molar-refractivity contribution in [1.29, 1.82) is 0 Å². The molecule has 2 rings (SSSR count). The largest absolute Gasteiger partial charge is 0.486 e. The topological polar surface area (TPSA) is 73.9 Å². The van der Waals surface area contributed by atoms with Crippen LogP contribution in [0.2, 0.25) is 0 Å². The molecule has 1 aliphatic heterocycles. The van der Waals surface area contributed by atoms with E-state index in [2.05, 4.69) is 5.32 Å². The van der Waals surface area contributed by atoms with E-state index < -0.39 is 11.7 Å². The molecule has 0 spiro atoms. The van der Waals surface area contributed by atoms with Crippen molar-refractivity contribution in [3.05, 3.63) is 17.7 Å². The van der Waals surface area contributed by atoms with Crippen LogP contribution < -0.4 is 14.8 Å². The summed E-state index contributed by atoms with van der Waals surface area (Å²) in [5.74, 6) is 0.987. The molecule has 1 N–H and O–H groups in total. The van der Waals surface area contributed by atoms with Crippen LogP contribution >= 0.6 is 0 Å². The summed E-state index contributed by atoms with van der Waals surface area (Å²) in [5, 5.41) is 2.54. The van der Waals surface area contributed by atoms with E-state index in [-0.39, 0.29) is 0 Å². The Morgan fingerprint density at radius 2 is 1.85 bits per heavy atom. The summed E-state index contributed by atoms with van der Waals surface area (Å²) in [6.45, 7) is 6.15. The molecule has 0 fully saturated rings. The van der Waals surface area contributed by atoms with Crippen LogP contribution in [-0.2, 0) is 4.74 Å². The number of hydrogen-bond donors (Lipinski definition) is 1. The molecular weight excluding hydrogens is 262 g/mol. The fourth-order valence-electron chi connectivity index (χ4n) is 1.72. The highest BCUT2D eigenvalue weighted by Crippen LogP contribution is 2.35. The lowest BCUT2D eigenvalue weighted by atomic mass is 10.1. The average Bonchev–Trinajstić information content (AvgIpc) is 2.35. The van der Waals surface area contributed by atoms with Crippen LogP contribution in [0, 0.1) is 0 Å². The molecule has 108 valence electrons. The molecule has 0 aliphatic carbocycles. The number of nitrogens with one attached hydrogen (secondary N) is 1. The highest BCUT2D eigenvalue weighted by molar-refractivity contribution is 5.94. The lowest BCUT2D eigenvalue weighted by molar-refractivity contribution is 0.0636. The highest BCUT2D eigenvalue weighted by Gasteiger charge is 2.20. The van der Waals surface area contributed by atoms with Crippen molar-refractivity contribution in [3.8, 4) is 11.5 Å². The van der Waals surface area contributed by atoms with Crippen molar-refractivity contribution in [2.24, 2.45) is 0 Å². The number of benzene rings is 1. The highest BCUT2D eigenvalue weighted by atomic mass is 16.6. The molecule has 1 aromatic rings. The van der Waals surface area contributed by atoms with Gasteiger partial charge < -0.3 is 14.2 Å². The molecule has 0 saturated heterocycles. The second-order valence-electron chi connectivity index (χ2n) is 5.33. The second kappa shape index (κ2) is 5.40. The van der Waals surface area contributed by atoms with Crippen LogP contribution in [0.3, 0.4) is 0 Å². The Morgan fingerprint density at radius 3 is 2.40 bits per heavy atom. The summed E-state index contributed by atoms with van der Waals surface area (Å²) < 4.78 is 15.9. The molecule has 1 heterocycles. The van der Waals surface area contributed by atoms with Gasteiger partial charge in [0.2, 0.25) is 0 Å². The van der Waals surface area contributed by atoms with E-state index in [1.807, 2.05) is 0 Å². The molecule has 1 aliphatic rings. The molecule has 0 bridgehead atoms. The molecule has 0 atom stereocenters. The zero-order valence-electron chi connectivity index (χ0n) is 11.7. The van der Waals surface area contributed by atoms with Gasteiger partial charge in [-0.05, 0) is 26.8 Å². The van der Waals surface area contributed by atoms with Gasteiger partial charge in [0, 0.05) is 11.6 Å². The van der Waals surface area contributed by atoms with Gasteiger partial charge >= 0.3 is 6.09 Å². The summed E-state index contributed by atoms with van der Waals surface area (Å²) in [7, 11) is 0. The maximum absolute atomic E-state index is 11.7. The van der Waals surface area contributed by atoms with Gasteiger partial charge in [0.05, 0.1) is 5.69 Å². The number of rotatable bonds is 2. The zero-order valence-corrected chi connectivity index (χ0v) is 11.7. The fraction of sp³-hybridized carbons (Fsp3) is 0.429. The van der Waals surface area contributed by atoms with E-state index in [9.17, 15) is 9.59 Å². The molecule has 0 saturated carbocycles. The number of hydrogen-bond acceptors (Lipinski definition) is 5. The van der Waals surface area contributed by atoms with Gasteiger partial charge in [-0.15, -0.1) is 0 Å². The lowest BCUT2D eigenvalue weighted by Gasteiger charge is -2.22. The van der Waals surface area contributed by atoms with E-state index in [4.69, 9.17) is 14.2 Å². The number of ether oxygens (including phenoxy) is 3. The Labute approximate surface area is 117 Å². The van der Waals surface area contributed by atoms with Crippen LogP contribution in [0.1, 0.15) is 31.1 Å². The van der Waals surface area contributed by atoms with Crippen molar-refractivity contribution in [1.82, 2.24) is 0 Å². The summed E-state index contributed by atoms with van der Waals surface area (Å²) in [4.78, 5) is 22.8. The van der Waals surface area contributed by atoms with E-state index in [1.165, 1.54) is 6.07 Å². The Kier molecular flexibility index (Phi) is 3.83. The van der Waals surface area contributed by atoms with Crippen LogP contribution in [0.25, 0.3) is 0 Å². The minimum atomic E-state index is -0.628. The Bertz CT molecular complexity index is 533. The van der Waals surface area contributed by atoms with Crippen molar-refractivity contribution < 1.29 is 23.8 Å². The number of anilines is 1. The van der Waals surface area contributed by atoms with E-state index in [0.717, 1.165) is 0 Å². The Morgan fingerprint density at radius 1 is 1.25 bits per heavy atom. The number of fused-ring (bicyclic) bond motifs is 1. The third-order valence-corrected chi connectivity index (χ3v) is 2.48. The van der Waals surface area contributed by atoms with Crippen LogP contribution in [0.5, 0.6) is 11.5 Å². The quantitative estimate of drug-likeness (QED) is 0.842. The zero-order chi connectivity index (χ0) is 14.8. The Hall–Kier alpha value is -2.24. The van der Waals surface area contributed by atoms with Gasteiger partial charge in [0.15, 0.2) is 17.8 Å². The first kappa shape index (κ1) is 14.2. The Balaban J connectivity index is 2.22. The van der Waals surface area contributed by atoms with E-state index >= 15 is 0 Å². The van der Waals surface area contributed by atoms with Gasteiger partial charge in [-0.1, -0.05) is 0 Å². The minimum Gasteiger partial charge on any atom is -0.486 e. The molecule has 1 aromatic carbocycles. The molecule has 0 unspecified atom stereocenters. The summed E-state index contributed by atoms with van der Waals surface area (Å²) >= 11 is 0. The maximum atomic E-state index is 11.7. The standard InChI is InChI=1S/C14H17NO5/c1-14(2,3)20-13(17)15-10-7-12-11(6-9(10)8-16)18-4-5-19-12/h6-8H,4-5H2,1-3H3,(H,15,17). The second-order valence-corrected chi connectivity index (χ2v) is 5.33. The summed E-state index contributed by atoms with van der Waals surface area (Å²) in [5.41, 5.74) is 0.0257. The first-order valence-corrected chi connectivity index (χ1v) is 6.28. The smallest absolute Gasteiger partial charge is 0.412 e. The number of aldehydes is 1. The van der Waals surface area contributed by atoms with Crippen molar-refractivity contribution in [3.63, 3.8) is 0 Å². The van der Waals surface area contributed by atoms with Crippen molar-refractivity contribution in [2.75, 3.05) is 18.5 Å². The molecule has 0 aromatic heterocycles. The molecule has 0 radical (unpaired) electrons. The first-order valence-electron chi connectivity index (χ1n) is 6.28. The van der Waals surface area contributed by atoms with Gasteiger partial charge in [-0.2, -0.15) is 0 Å². The van der Waals surface area contributed by atoms with Crippen molar-refractivity contribution in [2.45, 2.75) is 26.4 Å². The van der Waals surface area contributed by atoms with Gasteiger partial charge in [-0.25, -0.2) is 4.79 Å². The summed E-state index contributed by atoms with van der Waals surface area (Å²) in [6.07, 6.45) is 0.0163. The lowest BCUT2D eigenvalue weighted by Crippen LogP contribution is -2.27. The predicted octanol–water partition coefficient (Wildman–Crippen LogP) is 2.62. The predicted molar refractivity (Wildman–Crippen MR) is 72.7 cm³/mol. The van der Waals surface area contributed by atoms with Crippen LogP contribution in [0.4, 0.5) is 10.5 Å². The maximum Gasteiger partial charge on any atom is 0.412 e. The molecule has 6 heteroatoms. The molecule has 6 nitrogen and oxygen atoms in total. The van der Waals surface area contributed by atoms with Crippen molar-refractivity contribution >= 4 is 18.1 Å². The van der Waals surface area contributed by atoms with Gasteiger partial charge in [0.1, 0.15) is 18.8 Å². The third kappa shape index (κ3) is 3.40. The van der Waals surface area contributed by atoms with E-state index in [0.29, 0.717) is 42.2 Å². The minimum absolute atomic E-state index is 0.306. The van der Waals surface area contributed by atoms with Gasteiger partial charge in [0.25, 0.3) is 0 Å². The van der Waals surface area contributed by atoms with Gasteiger partial charge in [-0.3, -0.25) is 10.1 Å². The summed E-state index contributed by atoms with van der Waals surface area (Å²) in [6, 6.07) is 3.09. The molecular formula is C14H17NO5. The number of carbonyl (C=O) groups is 2. The number of carbonyl (C=O) groups excluding carboxylic acids is 2. The monoisotopic (exact) mass is 279 g/mol. The normalized spacial score (nSPS) is 13.6.